The average molecular weight is 975 g/mol. The lowest BCUT2D eigenvalue weighted by atomic mass is 9.81. The maximum Gasteiger partial charge on any atom is 0.509 e. The highest BCUT2D eigenvalue weighted by Gasteiger charge is 3.03. The number of carbonyl (C=O) groups excluding carboxylic acids is 4. The van der Waals surface area contributed by atoms with E-state index in [2.05, 4.69) is 0 Å². The predicted molar refractivity (Wildman–Crippen MR) is 227 cm³/mol. The standard InChI is InChI=1S/C47H58O22/c1-18-12-25-32(36(52)34-33(38(25)55-9)27(13-26(50)35(34)51)64-31-16-42(8,54)39(20(3)59-31)63-24(7)49)37(19(18)2)67-46(29-15-43(44(46)17-58-44)47(65-29,69-43)40(56-10)57-11)66-30-14-28(62-23(6)48)45(21(4)60-30)22(5)61-41(53)68-45/h12,20-22,26-31,39-40,50,52,54H,13-17H2,1-11H3/t20?,21?,22-,26+,27+,28?,29+,30?,31?,39?,42?,43?,44-,45?,46-,47?/m1/s1. The van der Waals surface area contributed by atoms with Crippen LogP contribution in [0.5, 0.6) is 17.2 Å². The summed E-state index contributed by atoms with van der Waals surface area (Å²) in [6.07, 6.45) is -13.6. The molecule has 6 saturated heterocycles. The SMILES string of the molecule is COc1c2c(c(O)c3c(O[C@]4(OC5CC(OC(C)=O)C6(OC(=O)O[C@@H]6C)C(C)O5)[C@@H]5CC6(OC6(C(OC)OC)O5)[C@]45CO5)c(C)c(C)cc13)C(=O)[C@@H](O)C[C@@H]2OC1CC(C)(O)C(OC(C)=O)C(C)O1. The van der Waals surface area contributed by atoms with Crippen LogP contribution in [0, 0.1) is 13.8 Å². The van der Waals surface area contributed by atoms with Gasteiger partial charge in [0.25, 0.3) is 11.6 Å². The number of Topliss-reactive ketones (excluding diaryl/α,β-unsaturated/α-hetero) is 1. The Kier molecular flexibility index (Phi) is 11.2. The zero-order valence-electron chi connectivity index (χ0n) is 40.1. The Labute approximate surface area is 395 Å². The summed E-state index contributed by atoms with van der Waals surface area (Å²) in [5.41, 5.74) is -4.97. The molecule has 8 aliphatic rings. The van der Waals surface area contributed by atoms with Gasteiger partial charge in [0.1, 0.15) is 47.3 Å². The van der Waals surface area contributed by atoms with Gasteiger partial charge in [-0.25, -0.2) is 4.79 Å². The molecule has 0 aromatic heterocycles. The molecular weight excluding hydrogens is 916 g/mol. The molecule has 2 bridgehead atoms. The first-order valence-electron chi connectivity index (χ1n) is 23.0. The maximum absolute atomic E-state index is 14.3. The lowest BCUT2D eigenvalue weighted by molar-refractivity contribution is -0.380. The molecule has 16 atom stereocenters. The van der Waals surface area contributed by atoms with Crippen LogP contribution in [0.15, 0.2) is 6.07 Å². The van der Waals surface area contributed by atoms with Crippen molar-refractivity contribution in [3.8, 4) is 17.2 Å². The van der Waals surface area contributed by atoms with Gasteiger partial charge in [0, 0.05) is 64.7 Å². The largest absolute Gasteiger partial charge is 0.509 e. The van der Waals surface area contributed by atoms with Crippen LogP contribution in [0.1, 0.15) is 100 Å². The third kappa shape index (κ3) is 6.56. The number of methoxy groups -OCH3 is 3. The summed E-state index contributed by atoms with van der Waals surface area (Å²) < 4.78 is 93.0. The van der Waals surface area contributed by atoms with Crippen molar-refractivity contribution in [1.82, 2.24) is 0 Å². The summed E-state index contributed by atoms with van der Waals surface area (Å²) in [7, 11) is 4.27. The van der Waals surface area contributed by atoms with Crippen LogP contribution in [0.3, 0.4) is 0 Å². The topological polar surface area (TPSA) is 274 Å². The number of hydrogen-bond acceptors (Lipinski definition) is 22. The van der Waals surface area contributed by atoms with Crippen molar-refractivity contribution in [2.45, 2.75) is 183 Å². The summed E-state index contributed by atoms with van der Waals surface area (Å²) in [4.78, 5) is 51.4. The number of ketones is 1. The molecule has 22 heteroatoms. The van der Waals surface area contributed by atoms with Crippen LogP contribution >= 0.6 is 0 Å². The number of phenols is 1. The van der Waals surface area contributed by atoms with Crippen LogP contribution in [0.2, 0.25) is 0 Å². The number of esters is 2. The first-order chi connectivity index (χ1) is 32.5. The van der Waals surface area contributed by atoms with E-state index in [0.29, 0.717) is 11.1 Å². The Balaban J connectivity index is 1.09. The number of cyclic esters (lactones) is 1. The normalized spacial score (nSPS) is 42.6. The van der Waals surface area contributed by atoms with Gasteiger partial charge in [-0.15, -0.1) is 0 Å². The third-order valence-corrected chi connectivity index (χ3v) is 15.5. The Morgan fingerprint density at radius 1 is 0.913 bits per heavy atom. The summed E-state index contributed by atoms with van der Waals surface area (Å²) in [5.74, 6) is -6.03. The number of carbonyl (C=O) groups is 4. The van der Waals surface area contributed by atoms with E-state index >= 15 is 0 Å². The molecule has 2 aromatic rings. The monoisotopic (exact) mass is 974 g/mol. The summed E-state index contributed by atoms with van der Waals surface area (Å²) in [6.45, 7) is 12.3. The number of fused-ring (bicyclic) bond motifs is 3. The third-order valence-electron chi connectivity index (χ3n) is 15.5. The van der Waals surface area contributed by atoms with Gasteiger partial charge in [-0.2, -0.15) is 0 Å². The lowest BCUT2D eigenvalue weighted by Gasteiger charge is -2.49. The average Bonchev–Trinajstić information content (AvgIpc) is 4.13. The van der Waals surface area contributed by atoms with Crippen LogP contribution in [0.4, 0.5) is 4.79 Å². The molecule has 2 aromatic carbocycles. The second-order valence-corrected chi connectivity index (χ2v) is 19.6. The van der Waals surface area contributed by atoms with Crippen LogP contribution < -0.4 is 9.47 Å². The van der Waals surface area contributed by atoms with Crippen LogP contribution in [0.25, 0.3) is 10.8 Å². The maximum atomic E-state index is 14.3. The number of rotatable bonds is 12. The van der Waals surface area contributed by atoms with Crippen LogP contribution in [-0.2, 0) is 71.2 Å². The van der Waals surface area contributed by atoms with Crippen molar-refractivity contribution in [2.75, 3.05) is 27.9 Å². The number of benzene rings is 2. The highest BCUT2D eigenvalue weighted by Crippen LogP contribution is 2.79. The number of hydrogen-bond donors (Lipinski definition) is 3. The van der Waals surface area contributed by atoms with Crippen LogP contribution in [-0.4, -0.2) is 163 Å². The van der Waals surface area contributed by atoms with Crippen molar-refractivity contribution in [3.05, 3.63) is 28.3 Å². The number of aromatic hydroxyl groups is 1. The second kappa shape index (κ2) is 16.0. The number of aliphatic hydroxyl groups is 2. The molecule has 10 unspecified atom stereocenters. The van der Waals surface area contributed by atoms with Gasteiger partial charge in [-0.05, 0) is 58.7 Å². The molecule has 6 heterocycles. The minimum Gasteiger partial charge on any atom is -0.506 e. The van der Waals surface area contributed by atoms with Crippen molar-refractivity contribution in [3.63, 3.8) is 0 Å². The van der Waals surface area contributed by atoms with E-state index in [1.165, 1.54) is 42.1 Å². The van der Waals surface area contributed by atoms with Gasteiger partial charge < -0.3 is 86.4 Å². The van der Waals surface area contributed by atoms with Crippen molar-refractivity contribution in [2.24, 2.45) is 0 Å². The molecule has 0 amide bonds. The first-order valence-corrected chi connectivity index (χ1v) is 23.0. The zero-order chi connectivity index (χ0) is 49.7. The zero-order valence-corrected chi connectivity index (χ0v) is 40.1. The molecule has 1 saturated carbocycles. The molecule has 10 rings (SSSR count). The fourth-order valence-electron chi connectivity index (χ4n) is 12.3. The van der Waals surface area contributed by atoms with E-state index in [9.17, 15) is 34.5 Å². The second-order valence-electron chi connectivity index (χ2n) is 19.6. The fraction of sp³-hybridized carbons (Fsp3) is 0.702. The Morgan fingerprint density at radius 2 is 1.61 bits per heavy atom. The molecule has 3 N–H and O–H groups in total. The van der Waals surface area contributed by atoms with E-state index in [0.717, 1.165) is 0 Å². The van der Waals surface area contributed by atoms with Gasteiger partial charge >= 0.3 is 18.1 Å². The smallest absolute Gasteiger partial charge is 0.506 e. The van der Waals surface area contributed by atoms with Crippen molar-refractivity contribution >= 4 is 34.6 Å². The molecule has 2 aliphatic carbocycles. The molecule has 69 heavy (non-hydrogen) atoms. The summed E-state index contributed by atoms with van der Waals surface area (Å²) >= 11 is 0. The fourth-order valence-corrected chi connectivity index (χ4v) is 12.3. The first kappa shape index (κ1) is 48.2. The number of epoxide rings is 2. The van der Waals surface area contributed by atoms with Gasteiger partial charge in [-0.1, -0.05) is 0 Å². The Morgan fingerprint density at radius 3 is 2.20 bits per heavy atom. The Bertz CT molecular complexity index is 2500. The molecule has 0 radical (unpaired) electrons. The minimum atomic E-state index is -2.02. The summed E-state index contributed by atoms with van der Waals surface area (Å²) in [6, 6.07) is 1.75. The van der Waals surface area contributed by atoms with E-state index < -0.39 is 131 Å². The quantitative estimate of drug-likeness (QED) is 0.119. The number of phenolic OH excluding ortho intramolecular Hbond substituents is 1. The van der Waals surface area contributed by atoms with E-state index in [4.69, 9.17) is 71.1 Å². The molecule has 3 spiro atoms. The van der Waals surface area contributed by atoms with Crippen molar-refractivity contribution < 1.29 is 106 Å². The molecule has 22 nitrogen and oxygen atoms in total. The Hall–Kier alpha value is -4.46. The number of aryl methyl sites for hydroxylation is 1. The number of aliphatic hydroxyl groups excluding tert-OH is 1. The van der Waals surface area contributed by atoms with Crippen molar-refractivity contribution in [1.29, 1.82) is 0 Å². The lowest BCUT2D eigenvalue weighted by Crippen LogP contribution is -2.69. The van der Waals surface area contributed by atoms with E-state index in [1.807, 2.05) is 6.92 Å². The summed E-state index contributed by atoms with van der Waals surface area (Å²) in [5, 5.41) is 35.7. The van der Waals surface area contributed by atoms with E-state index in [1.54, 1.807) is 33.8 Å². The van der Waals surface area contributed by atoms with Gasteiger partial charge in [0.05, 0.1) is 36.9 Å². The molecule has 378 valence electrons. The predicted octanol–water partition coefficient (Wildman–Crippen LogP) is 3.10. The van der Waals surface area contributed by atoms with Gasteiger partial charge in [0.15, 0.2) is 41.8 Å². The minimum absolute atomic E-state index is 0.00297. The molecule has 6 aliphatic heterocycles. The molecule has 7 fully saturated rings. The highest BCUT2D eigenvalue weighted by molar-refractivity contribution is 6.13. The molecular formula is C47H58O22. The highest BCUT2D eigenvalue weighted by atomic mass is 16.9. The van der Waals surface area contributed by atoms with Gasteiger partial charge in [0.2, 0.25) is 11.9 Å². The van der Waals surface area contributed by atoms with Gasteiger partial charge in [-0.3, -0.25) is 14.4 Å². The van der Waals surface area contributed by atoms with E-state index in [-0.39, 0.29) is 65.7 Å². The number of ether oxygens (including phenoxy) is 15.